The van der Waals surface area contributed by atoms with Crippen molar-refractivity contribution >= 4 is 5.91 Å². The molecule has 0 atom stereocenters. The third-order valence-electron chi connectivity index (χ3n) is 3.23. The molecule has 2 rings (SSSR count). The van der Waals surface area contributed by atoms with Crippen molar-refractivity contribution in [3.05, 3.63) is 0 Å². The van der Waals surface area contributed by atoms with E-state index in [1.165, 1.54) is 12.8 Å². The van der Waals surface area contributed by atoms with Crippen LogP contribution in [0, 0.1) is 11.3 Å². The van der Waals surface area contributed by atoms with Gasteiger partial charge in [0.1, 0.15) is 0 Å². The number of carbonyl (C=O) groups excluding carboxylic acids is 1. The predicted molar refractivity (Wildman–Crippen MR) is 44.4 cm³/mol. The van der Waals surface area contributed by atoms with Crippen LogP contribution in [0.4, 0.5) is 0 Å². The van der Waals surface area contributed by atoms with Crippen LogP contribution in [0.15, 0.2) is 0 Å². The van der Waals surface area contributed by atoms with E-state index >= 15 is 0 Å². The summed E-state index contributed by atoms with van der Waals surface area (Å²) in [6.45, 7) is 1.42. The first-order chi connectivity index (χ1) is 5.76. The topological polar surface area (TPSA) is 52.3 Å². The monoisotopic (exact) mass is 169 g/mol. The SMILES string of the molecule is NC(=O)C1(C2CC2)CCOCC1. The van der Waals surface area contributed by atoms with Gasteiger partial charge in [-0.3, -0.25) is 4.79 Å². The highest BCUT2D eigenvalue weighted by Gasteiger charge is 2.50. The van der Waals surface area contributed by atoms with Crippen LogP contribution in [0.1, 0.15) is 25.7 Å². The maximum absolute atomic E-state index is 11.3. The van der Waals surface area contributed by atoms with Crippen LogP contribution >= 0.6 is 0 Å². The van der Waals surface area contributed by atoms with Crippen LogP contribution in [0.25, 0.3) is 0 Å². The number of ether oxygens (including phenoxy) is 1. The molecule has 12 heavy (non-hydrogen) atoms. The standard InChI is InChI=1S/C9H15NO2/c10-8(11)9(7-1-2-7)3-5-12-6-4-9/h7H,1-6H2,(H2,10,11). The number of hydrogen-bond acceptors (Lipinski definition) is 2. The molecule has 68 valence electrons. The molecule has 1 aliphatic carbocycles. The lowest BCUT2D eigenvalue weighted by atomic mass is 9.75. The number of nitrogens with two attached hydrogens (primary N) is 1. The summed E-state index contributed by atoms with van der Waals surface area (Å²) in [7, 11) is 0. The van der Waals surface area contributed by atoms with Crippen LogP contribution in [0.3, 0.4) is 0 Å². The molecule has 0 aromatic rings. The van der Waals surface area contributed by atoms with Crippen molar-refractivity contribution in [2.45, 2.75) is 25.7 Å². The molecular formula is C9H15NO2. The second kappa shape index (κ2) is 2.73. The molecule has 0 unspecified atom stereocenters. The first kappa shape index (κ1) is 8.05. The Morgan fingerprint density at radius 1 is 1.33 bits per heavy atom. The lowest BCUT2D eigenvalue weighted by Crippen LogP contribution is -2.43. The van der Waals surface area contributed by atoms with Gasteiger partial charge in [0.25, 0.3) is 0 Å². The van der Waals surface area contributed by atoms with Crippen LogP contribution < -0.4 is 5.73 Å². The van der Waals surface area contributed by atoms with Gasteiger partial charge in [-0.15, -0.1) is 0 Å². The average Bonchev–Trinajstić information content (AvgIpc) is 2.88. The van der Waals surface area contributed by atoms with Gasteiger partial charge in [-0.05, 0) is 31.6 Å². The number of hydrogen-bond donors (Lipinski definition) is 1. The van der Waals surface area contributed by atoms with E-state index in [1.54, 1.807) is 0 Å². The third-order valence-corrected chi connectivity index (χ3v) is 3.23. The van der Waals surface area contributed by atoms with Gasteiger partial charge < -0.3 is 10.5 Å². The van der Waals surface area contributed by atoms with E-state index < -0.39 is 0 Å². The summed E-state index contributed by atoms with van der Waals surface area (Å²) >= 11 is 0. The first-order valence-electron chi connectivity index (χ1n) is 4.63. The molecule has 0 radical (unpaired) electrons. The molecule has 1 saturated heterocycles. The van der Waals surface area contributed by atoms with Crippen molar-refractivity contribution in [2.75, 3.05) is 13.2 Å². The zero-order valence-electron chi connectivity index (χ0n) is 7.21. The minimum atomic E-state index is -0.196. The summed E-state index contributed by atoms with van der Waals surface area (Å²) in [6.07, 6.45) is 4.05. The molecule has 1 aliphatic heterocycles. The molecule has 0 aromatic heterocycles. The highest BCUT2D eigenvalue weighted by atomic mass is 16.5. The van der Waals surface area contributed by atoms with Crippen LogP contribution in [0.5, 0.6) is 0 Å². The second-order valence-corrected chi connectivity index (χ2v) is 3.91. The predicted octanol–water partition coefficient (Wildman–Crippen LogP) is 0.678. The molecule has 1 saturated carbocycles. The van der Waals surface area contributed by atoms with E-state index in [1.807, 2.05) is 0 Å². The minimum absolute atomic E-state index is 0.103. The summed E-state index contributed by atoms with van der Waals surface area (Å²) in [5.74, 6) is 0.465. The minimum Gasteiger partial charge on any atom is -0.381 e. The Bertz CT molecular complexity index is 193. The summed E-state index contributed by atoms with van der Waals surface area (Å²) in [4.78, 5) is 11.3. The normalized spacial score (nSPS) is 28.3. The summed E-state index contributed by atoms with van der Waals surface area (Å²) in [6, 6.07) is 0. The van der Waals surface area contributed by atoms with Crippen LogP contribution in [-0.2, 0) is 9.53 Å². The Balaban J connectivity index is 2.13. The van der Waals surface area contributed by atoms with Crippen LogP contribution in [0.2, 0.25) is 0 Å². The highest BCUT2D eigenvalue weighted by Crippen LogP contribution is 2.51. The van der Waals surface area contributed by atoms with E-state index in [2.05, 4.69) is 0 Å². The lowest BCUT2D eigenvalue weighted by molar-refractivity contribution is -0.135. The smallest absolute Gasteiger partial charge is 0.224 e. The van der Waals surface area contributed by atoms with E-state index in [0.717, 1.165) is 12.8 Å². The Morgan fingerprint density at radius 2 is 1.92 bits per heavy atom. The molecule has 2 fully saturated rings. The maximum Gasteiger partial charge on any atom is 0.224 e. The van der Waals surface area contributed by atoms with E-state index in [0.29, 0.717) is 19.1 Å². The Labute approximate surface area is 72.3 Å². The molecule has 3 nitrogen and oxygen atoms in total. The van der Waals surface area contributed by atoms with E-state index in [9.17, 15) is 4.79 Å². The Morgan fingerprint density at radius 3 is 2.33 bits per heavy atom. The number of amides is 1. The van der Waals surface area contributed by atoms with Gasteiger partial charge >= 0.3 is 0 Å². The fraction of sp³-hybridized carbons (Fsp3) is 0.889. The molecule has 0 aromatic carbocycles. The summed E-state index contributed by atoms with van der Waals surface area (Å²) < 4.78 is 5.25. The van der Waals surface area contributed by atoms with E-state index in [-0.39, 0.29) is 11.3 Å². The second-order valence-electron chi connectivity index (χ2n) is 3.91. The number of carbonyl (C=O) groups is 1. The van der Waals surface area contributed by atoms with Gasteiger partial charge in [-0.25, -0.2) is 0 Å². The van der Waals surface area contributed by atoms with Crippen molar-refractivity contribution in [2.24, 2.45) is 17.1 Å². The van der Waals surface area contributed by atoms with Gasteiger partial charge in [-0.2, -0.15) is 0 Å². The largest absolute Gasteiger partial charge is 0.381 e. The molecule has 0 spiro atoms. The molecular weight excluding hydrogens is 154 g/mol. The molecule has 1 amide bonds. The Hall–Kier alpha value is -0.570. The first-order valence-corrected chi connectivity index (χ1v) is 4.63. The van der Waals surface area contributed by atoms with Crippen molar-refractivity contribution in [1.82, 2.24) is 0 Å². The van der Waals surface area contributed by atoms with Crippen molar-refractivity contribution in [3.63, 3.8) is 0 Å². The number of primary amides is 1. The zero-order valence-corrected chi connectivity index (χ0v) is 7.21. The molecule has 2 N–H and O–H groups in total. The fourth-order valence-electron chi connectivity index (χ4n) is 2.23. The molecule has 3 heteroatoms. The van der Waals surface area contributed by atoms with Gasteiger partial charge in [0.05, 0.1) is 5.41 Å². The average molecular weight is 169 g/mol. The van der Waals surface area contributed by atoms with Crippen molar-refractivity contribution < 1.29 is 9.53 Å². The van der Waals surface area contributed by atoms with Gasteiger partial charge in [0.2, 0.25) is 5.91 Å². The fourth-order valence-corrected chi connectivity index (χ4v) is 2.23. The maximum atomic E-state index is 11.3. The van der Waals surface area contributed by atoms with E-state index in [4.69, 9.17) is 10.5 Å². The zero-order chi connectivity index (χ0) is 8.60. The van der Waals surface area contributed by atoms with Gasteiger partial charge in [0, 0.05) is 13.2 Å². The van der Waals surface area contributed by atoms with Crippen molar-refractivity contribution in [3.8, 4) is 0 Å². The molecule has 1 heterocycles. The van der Waals surface area contributed by atoms with Crippen LogP contribution in [-0.4, -0.2) is 19.1 Å². The molecule has 0 bridgehead atoms. The van der Waals surface area contributed by atoms with Gasteiger partial charge in [0.15, 0.2) is 0 Å². The third kappa shape index (κ3) is 1.12. The van der Waals surface area contributed by atoms with Crippen molar-refractivity contribution in [1.29, 1.82) is 0 Å². The quantitative estimate of drug-likeness (QED) is 0.660. The molecule has 2 aliphatic rings. The number of rotatable bonds is 2. The lowest BCUT2D eigenvalue weighted by Gasteiger charge is -2.34. The summed E-state index contributed by atoms with van der Waals surface area (Å²) in [5.41, 5.74) is 5.25. The van der Waals surface area contributed by atoms with Gasteiger partial charge in [-0.1, -0.05) is 0 Å². The summed E-state index contributed by atoms with van der Waals surface area (Å²) in [5, 5.41) is 0. The Kier molecular flexibility index (Phi) is 1.83. The highest BCUT2D eigenvalue weighted by molar-refractivity contribution is 5.81.